The van der Waals surface area contributed by atoms with Gasteiger partial charge in [-0.2, -0.15) is 0 Å². The largest absolute Gasteiger partial charge is 0.494 e. The number of thiophene rings is 1. The number of para-hydroxylation sites is 1. The van der Waals surface area contributed by atoms with E-state index in [-0.39, 0.29) is 0 Å². The number of methoxy groups -OCH3 is 2. The van der Waals surface area contributed by atoms with Crippen LogP contribution in [-0.2, 0) is 13.1 Å². The summed E-state index contributed by atoms with van der Waals surface area (Å²) in [5.74, 6) is 2.44. The van der Waals surface area contributed by atoms with Crippen LogP contribution in [0, 0.1) is 6.92 Å². The molecule has 1 aliphatic rings. The molecule has 0 atom stereocenters. The minimum atomic E-state index is 0.609. The van der Waals surface area contributed by atoms with Crippen molar-refractivity contribution in [2.24, 2.45) is 0 Å². The molecule has 2 aromatic heterocycles. The first-order valence-corrected chi connectivity index (χ1v) is 11.5. The third kappa shape index (κ3) is 4.04. The Bertz CT molecular complexity index is 1270. The Balaban J connectivity index is 1.46. The van der Waals surface area contributed by atoms with Crippen molar-refractivity contribution >= 4 is 22.2 Å². The summed E-state index contributed by atoms with van der Waals surface area (Å²) in [6, 6.07) is 18.9. The maximum Gasteiger partial charge on any atom is 0.165 e. The summed E-state index contributed by atoms with van der Waals surface area (Å²) in [6.07, 6.45) is 0. The van der Waals surface area contributed by atoms with Crippen LogP contribution in [0.5, 0.6) is 17.2 Å². The number of fused-ring (bicyclic) bond motifs is 2. The van der Waals surface area contributed by atoms with E-state index in [0.29, 0.717) is 6.61 Å². The molecule has 0 bridgehead atoms. The summed E-state index contributed by atoms with van der Waals surface area (Å²) >= 11 is 1.79. The molecule has 5 nitrogen and oxygen atoms in total. The summed E-state index contributed by atoms with van der Waals surface area (Å²) in [5, 5.41) is 1.08. The molecule has 164 valence electrons. The van der Waals surface area contributed by atoms with E-state index in [0.717, 1.165) is 64.6 Å². The molecule has 0 radical (unpaired) electrons. The van der Waals surface area contributed by atoms with Crippen LogP contribution in [0.2, 0.25) is 0 Å². The fourth-order valence-electron chi connectivity index (χ4n) is 4.20. The molecule has 1 aliphatic heterocycles. The molecule has 0 saturated heterocycles. The molecular formula is C26H26N2O3S. The molecule has 5 rings (SSSR count). The molecule has 3 heterocycles. The van der Waals surface area contributed by atoms with Crippen molar-refractivity contribution in [3.05, 3.63) is 70.7 Å². The number of benzene rings is 2. The maximum atomic E-state index is 6.14. The van der Waals surface area contributed by atoms with Gasteiger partial charge in [0.25, 0.3) is 0 Å². The van der Waals surface area contributed by atoms with Gasteiger partial charge < -0.3 is 14.2 Å². The van der Waals surface area contributed by atoms with Gasteiger partial charge in [-0.15, -0.1) is 11.3 Å². The van der Waals surface area contributed by atoms with Crippen molar-refractivity contribution in [1.82, 2.24) is 9.88 Å². The van der Waals surface area contributed by atoms with Crippen molar-refractivity contribution in [1.29, 1.82) is 0 Å². The van der Waals surface area contributed by atoms with E-state index in [1.54, 1.807) is 25.6 Å². The predicted octanol–water partition coefficient (Wildman–Crippen LogP) is 5.68. The zero-order chi connectivity index (χ0) is 22.1. The number of nitrogens with zero attached hydrogens (tertiary/aromatic N) is 2. The van der Waals surface area contributed by atoms with Crippen molar-refractivity contribution in [3.63, 3.8) is 0 Å². The number of ether oxygens (including phenoxy) is 3. The maximum absolute atomic E-state index is 6.14. The van der Waals surface area contributed by atoms with Gasteiger partial charge in [0.05, 0.1) is 19.9 Å². The van der Waals surface area contributed by atoms with Gasteiger partial charge in [-0.05, 0) is 48.9 Å². The molecule has 0 unspecified atom stereocenters. The van der Waals surface area contributed by atoms with Gasteiger partial charge in [0.15, 0.2) is 11.5 Å². The molecule has 0 saturated carbocycles. The minimum Gasteiger partial charge on any atom is -0.494 e. The molecule has 6 heteroatoms. The summed E-state index contributed by atoms with van der Waals surface area (Å²) < 4.78 is 17.3. The van der Waals surface area contributed by atoms with Crippen LogP contribution in [-0.4, -0.2) is 37.3 Å². The lowest BCUT2D eigenvalue weighted by Gasteiger charge is -2.19. The average molecular weight is 447 g/mol. The van der Waals surface area contributed by atoms with Gasteiger partial charge in [-0.3, -0.25) is 4.90 Å². The van der Waals surface area contributed by atoms with Crippen LogP contribution in [0.25, 0.3) is 21.3 Å². The van der Waals surface area contributed by atoms with E-state index in [1.165, 1.54) is 9.75 Å². The molecule has 0 fully saturated rings. The molecule has 32 heavy (non-hydrogen) atoms. The Morgan fingerprint density at radius 3 is 2.69 bits per heavy atom. The number of aryl methyl sites for hydroxylation is 1. The van der Waals surface area contributed by atoms with Crippen molar-refractivity contribution < 1.29 is 14.2 Å². The second-order valence-corrected chi connectivity index (χ2v) is 9.26. The van der Waals surface area contributed by atoms with Crippen LogP contribution in [0.4, 0.5) is 0 Å². The van der Waals surface area contributed by atoms with Gasteiger partial charge >= 0.3 is 0 Å². The topological polar surface area (TPSA) is 43.8 Å². The molecular weight excluding hydrogens is 420 g/mol. The Morgan fingerprint density at radius 1 is 1.03 bits per heavy atom. The van der Waals surface area contributed by atoms with E-state index in [9.17, 15) is 0 Å². The molecule has 0 aliphatic carbocycles. The molecule has 0 spiro atoms. The molecule has 2 aromatic carbocycles. The molecule has 0 amide bonds. The van der Waals surface area contributed by atoms with Gasteiger partial charge in [-0.25, -0.2) is 4.98 Å². The van der Waals surface area contributed by atoms with E-state index >= 15 is 0 Å². The van der Waals surface area contributed by atoms with Gasteiger partial charge in [0.2, 0.25) is 0 Å². The van der Waals surface area contributed by atoms with Crippen LogP contribution in [0.15, 0.2) is 54.6 Å². The van der Waals surface area contributed by atoms with Gasteiger partial charge in [-0.1, -0.05) is 18.2 Å². The first-order valence-electron chi connectivity index (χ1n) is 10.7. The number of pyridine rings is 1. The summed E-state index contributed by atoms with van der Waals surface area (Å²) in [5.41, 5.74) is 4.22. The van der Waals surface area contributed by atoms with Crippen LogP contribution in [0.3, 0.4) is 0 Å². The zero-order valence-electron chi connectivity index (χ0n) is 18.6. The third-order valence-corrected chi connectivity index (χ3v) is 6.82. The summed E-state index contributed by atoms with van der Waals surface area (Å²) in [6.45, 7) is 5.07. The highest BCUT2D eigenvalue weighted by molar-refractivity contribution is 7.15. The van der Waals surface area contributed by atoms with Crippen molar-refractivity contribution in [3.8, 4) is 27.7 Å². The van der Waals surface area contributed by atoms with E-state index in [1.807, 2.05) is 12.1 Å². The first kappa shape index (κ1) is 20.8. The second-order valence-electron chi connectivity index (χ2n) is 7.97. The lowest BCUT2D eigenvalue weighted by Crippen LogP contribution is -2.25. The summed E-state index contributed by atoms with van der Waals surface area (Å²) in [7, 11) is 3.39. The van der Waals surface area contributed by atoms with Crippen LogP contribution >= 0.6 is 11.3 Å². The van der Waals surface area contributed by atoms with E-state index in [4.69, 9.17) is 19.2 Å². The van der Waals surface area contributed by atoms with Crippen LogP contribution in [0.1, 0.15) is 16.1 Å². The molecule has 0 N–H and O–H groups in total. The monoisotopic (exact) mass is 446 g/mol. The average Bonchev–Trinajstić information content (AvgIpc) is 3.14. The first-order chi connectivity index (χ1) is 15.6. The smallest absolute Gasteiger partial charge is 0.165 e. The minimum absolute atomic E-state index is 0.609. The van der Waals surface area contributed by atoms with Gasteiger partial charge in [0.1, 0.15) is 17.9 Å². The Morgan fingerprint density at radius 2 is 1.91 bits per heavy atom. The van der Waals surface area contributed by atoms with Crippen molar-refractivity contribution in [2.45, 2.75) is 20.0 Å². The number of rotatable bonds is 5. The highest BCUT2D eigenvalue weighted by Crippen LogP contribution is 2.40. The second kappa shape index (κ2) is 8.81. The third-order valence-electron chi connectivity index (χ3n) is 5.77. The number of hydrogen-bond acceptors (Lipinski definition) is 6. The molecule has 4 aromatic rings. The van der Waals surface area contributed by atoms with Gasteiger partial charge in [0, 0.05) is 40.3 Å². The predicted molar refractivity (Wildman–Crippen MR) is 129 cm³/mol. The summed E-state index contributed by atoms with van der Waals surface area (Å²) in [4.78, 5) is 9.81. The number of hydrogen-bond donors (Lipinski definition) is 0. The highest BCUT2D eigenvalue weighted by Gasteiger charge is 2.21. The van der Waals surface area contributed by atoms with Crippen molar-refractivity contribution in [2.75, 3.05) is 27.4 Å². The van der Waals surface area contributed by atoms with E-state index < -0.39 is 0 Å². The quantitative estimate of drug-likeness (QED) is 0.394. The van der Waals surface area contributed by atoms with Crippen LogP contribution < -0.4 is 14.2 Å². The fourth-order valence-corrected chi connectivity index (χ4v) is 5.05. The zero-order valence-corrected chi connectivity index (χ0v) is 19.4. The lowest BCUT2D eigenvalue weighted by molar-refractivity contribution is 0.215. The Labute approximate surface area is 192 Å². The Hall–Kier alpha value is -3.09. The SMILES string of the molecule is COc1cc(-c2ccc(C)s2)cc2c1OCCN(Cc1ccc3cccc(OC)c3n1)C2. The fraction of sp³-hybridized carbons (Fsp3) is 0.269. The highest BCUT2D eigenvalue weighted by atomic mass is 32.1. The lowest BCUT2D eigenvalue weighted by atomic mass is 10.1. The van der Waals surface area contributed by atoms with E-state index in [2.05, 4.69) is 54.3 Å². The number of aromatic nitrogens is 1. The normalized spacial score (nSPS) is 14.0. The Kier molecular flexibility index (Phi) is 5.72. The standard InChI is InChI=1S/C26H26N2O3S/c1-17-7-10-24(32-17)19-13-20-15-28(11-12-31-26(20)23(14-19)30-3)16-21-9-8-18-5-4-6-22(29-2)25(18)27-21/h4-10,13-14H,11-12,15-16H2,1-3H3.